The Morgan fingerprint density at radius 2 is 2.14 bits per heavy atom. The van der Waals surface area contributed by atoms with E-state index in [1.807, 2.05) is 19.0 Å². The van der Waals surface area contributed by atoms with Crippen molar-refractivity contribution in [1.82, 2.24) is 4.90 Å². The van der Waals surface area contributed by atoms with Crippen LogP contribution in [0.25, 0.3) is 0 Å². The Labute approximate surface area is 91.5 Å². The van der Waals surface area contributed by atoms with Crippen molar-refractivity contribution in [3.05, 3.63) is 34.1 Å². The fraction of sp³-hybridized carbons (Fsp3) is 0.400. The standard InChI is InChI=1S/C10H13BrFNO/c1-13(2)10(6-14)7-3-4-9(12)8(11)5-7/h3-5,10,14H,6H2,1-2H3/t10-/m1/s1. The van der Waals surface area contributed by atoms with E-state index in [9.17, 15) is 4.39 Å². The zero-order valence-corrected chi connectivity index (χ0v) is 9.75. The summed E-state index contributed by atoms with van der Waals surface area (Å²) in [4.78, 5) is 1.89. The molecule has 0 aromatic heterocycles. The van der Waals surface area contributed by atoms with Crippen LogP contribution in [0.5, 0.6) is 0 Å². The number of halogens is 2. The summed E-state index contributed by atoms with van der Waals surface area (Å²) >= 11 is 3.12. The average Bonchev–Trinajstić information content (AvgIpc) is 2.11. The van der Waals surface area contributed by atoms with Crippen LogP contribution in [0.4, 0.5) is 4.39 Å². The lowest BCUT2D eigenvalue weighted by atomic mass is 10.1. The van der Waals surface area contributed by atoms with E-state index in [-0.39, 0.29) is 18.5 Å². The van der Waals surface area contributed by atoms with Crippen LogP contribution in [-0.2, 0) is 0 Å². The maximum atomic E-state index is 12.9. The third-order valence-electron chi connectivity index (χ3n) is 2.12. The van der Waals surface area contributed by atoms with E-state index < -0.39 is 0 Å². The molecule has 0 radical (unpaired) electrons. The Hall–Kier alpha value is -0.450. The Morgan fingerprint density at radius 3 is 2.57 bits per heavy atom. The number of hydrogen-bond donors (Lipinski definition) is 1. The monoisotopic (exact) mass is 261 g/mol. The molecule has 78 valence electrons. The molecular weight excluding hydrogens is 249 g/mol. The second-order valence-electron chi connectivity index (χ2n) is 3.34. The van der Waals surface area contributed by atoms with Crippen LogP contribution in [0.15, 0.2) is 22.7 Å². The first-order valence-electron chi connectivity index (χ1n) is 4.28. The number of benzene rings is 1. The molecule has 0 aliphatic heterocycles. The van der Waals surface area contributed by atoms with Gasteiger partial charge in [0.2, 0.25) is 0 Å². The second-order valence-corrected chi connectivity index (χ2v) is 4.19. The van der Waals surface area contributed by atoms with Crippen molar-refractivity contribution >= 4 is 15.9 Å². The first kappa shape index (κ1) is 11.6. The van der Waals surface area contributed by atoms with E-state index in [0.717, 1.165) is 5.56 Å². The summed E-state index contributed by atoms with van der Waals surface area (Å²) in [7, 11) is 3.75. The van der Waals surface area contributed by atoms with Gasteiger partial charge in [0, 0.05) is 0 Å². The molecule has 0 aliphatic carbocycles. The molecule has 1 aromatic carbocycles. The topological polar surface area (TPSA) is 23.5 Å². The molecular formula is C10H13BrFNO. The Bertz CT molecular complexity index is 317. The van der Waals surface area contributed by atoms with Crippen molar-refractivity contribution in [2.75, 3.05) is 20.7 Å². The number of nitrogens with zero attached hydrogens (tertiary/aromatic N) is 1. The Kier molecular flexibility index (Phi) is 4.04. The van der Waals surface area contributed by atoms with E-state index in [0.29, 0.717) is 4.47 Å². The highest BCUT2D eigenvalue weighted by molar-refractivity contribution is 9.10. The number of aliphatic hydroxyl groups excluding tert-OH is 1. The molecule has 0 spiro atoms. The lowest BCUT2D eigenvalue weighted by Gasteiger charge is -2.22. The van der Waals surface area contributed by atoms with Gasteiger partial charge >= 0.3 is 0 Å². The normalized spacial score (nSPS) is 13.3. The summed E-state index contributed by atoms with van der Waals surface area (Å²) in [5.74, 6) is -0.288. The van der Waals surface area contributed by atoms with Gasteiger partial charge in [0.15, 0.2) is 0 Å². The van der Waals surface area contributed by atoms with E-state index in [2.05, 4.69) is 15.9 Å². The number of aliphatic hydroxyl groups is 1. The fourth-order valence-corrected chi connectivity index (χ4v) is 1.68. The maximum Gasteiger partial charge on any atom is 0.137 e. The number of rotatable bonds is 3. The molecule has 0 amide bonds. The van der Waals surface area contributed by atoms with Crippen LogP contribution < -0.4 is 0 Å². The molecule has 0 saturated heterocycles. The average molecular weight is 262 g/mol. The highest BCUT2D eigenvalue weighted by Gasteiger charge is 2.13. The van der Waals surface area contributed by atoms with Crippen molar-refractivity contribution < 1.29 is 9.50 Å². The molecule has 0 bridgehead atoms. The highest BCUT2D eigenvalue weighted by Crippen LogP contribution is 2.23. The molecule has 4 heteroatoms. The van der Waals surface area contributed by atoms with Crippen molar-refractivity contribution in [2.45, 2.75) is 6.04 Å². The molecule has 1 aromatic rings. The molecule has 14 heavy (non-hydrogen) atoms. The Morgan fingerprint density at radius 1 is 1.50 bits per heavy atom. The van der Waals surface area contributed by atoms with E-state index in [1.165, 1.54) is 6.07 Å². The van der Waals surface area contributed by atoms with Gasteiger partial charge in [-0.1, -0.05) is 6.07 Å². The smallest absolute Gasteiger partial charge is 0.137 e. The van der Waals surface area contributed by atoms with Crippen LogP contribution >= 0.6 is 15.9 Å². The van der Waals surface area contributed by atoms with Crippen molar-refractivity contribution in [1.29, 1.82) is 0 Å². The molecule has 0 heterocycles. The second kappa shape index (κ2) is 4.87. The van der Waals surface area contributed by atoms with E-state index >= 15 is 0 Å². The summed E-state index contributed by atoms with van der Waals surface area (Å²) in [6, 6.07) is 4.68. The number of hydrogen-bond acceptors (Lipinski definition) is 2. The van der Waals surface area contributed by atoms with Gasteiger partial charge in [0.25, 0.3) is 0 Å². The quantitative estimate of drug-likeness (QED) is 0.902. The molecule has 1 rings (SSSR count). The van der Waals surface area contributed by atoms with Gasteiger partial charge in [0.1, 0.15) is 5.82 Å². The number of likely N-dealkylation sites (N-methyl/N-ethyl adjacent to an activating group) is 1. The first-order chi connectivity index (χ1) is 6.56. The third-order valence-corrected chi connectivity index (χ3v) is 2.73. The van der Waals surface area contributed by atoms with Gasteiger partial charge < -0.3 is 10.0 Å². The highest BCUT2D eigenvalue weighted by atomic mass is 79.9. The third kappa shape index (κ3) is 2.53. The van der Waals surface area contributed by atoms with Gasteiger partial charge in [-0.3, -0.25) is 0 Å². The van der Waals surface area contributed by atoms with Gasteiger partial charge in [-0.15, -0.1) is 0 Å². The molecule has 1 atom stereocenters. The minimum Gasteiger partial charge on any atom is -0.394 e. The lowest BCUT2D eigenvalue weighted by molar-refractivity contribution is 0.170. The van der Waals surface area contributed by atoms with Crippen LogP contribution in [-0.4, -0.2) is 30.7 Å². The molecule has 0 unspecified atom stereocenters. The van der Waals surface area contributed by atoms with Crippen LogP contribution in [0.1, 0.15) is 11.6 Å². The Balaban J connectivity index is 3.00. The minimum absolute atomic E-state index is 0.0189. The van der Waals surface area contributed by atoms with Gasteiger partial charge in [0.05, 0.1) is 17.1 Å². The largest absolute Gasteiger partial charge is 0.394 e. The van der Waals surface area contributed by atoms with Crippen molar-refractivity contribution in [3.63, 3.8) is 0 Å². The first-order valence-corrected chi connectivity index (χ1v) is 5.07. The van der Waals surface area contributed by atoms with Crippen LogP contribution in [0.2, 0.25) is 0 Å². The SMILES string of the molecule is CN(C)[C@H](CO)c1ccc(F)c(Br)c1. The summed E-state index contributed by atoms with van der Waals surface area (Å²) in [6.07, 6.45) is 0. The predicted molar refractivity (Wildman–Crippen MR) is 57.6 cm³/mol. The van der Waals surface area contributed by atoms with Crippen molar-refractivity contribution in [3.8, 4) is 0 Å². The molecule has 0 aliphatic rings. The van der Waals surface area contributed by atoms with Crippen LogP contribution in [0.3, 0.4) is 0 Å². The lowest BCUT2D eigenvalue weighted by Crippen LogP contribution is -2.23. The summed E-state index contributed by atoms with van der Waals surface area (Å²) in [6.45, 7) is 0.0189. The molecule has 1 N–H and O–H groups in total. The minimum atomic E-state index is -0.288. The van der Waals surface area contributed by atoms with Gasteiger partial charge in [-0.25, -0.2) is 4.39 Å². The predicted octanol–water partition coefficient (Wildman–Crippen LogP) is 2.18. The summed E-state index contributed by atoms with van der Waals surface area (Å²) in [5, 5.41) is 9.16. The van der Waals surface area contributed by atoms with Gasteiger partial charge in [-0.05, 0) is 47.7 Å². The van der Waals surface area contributed by atoms with E-state index in [4.69, 9.17) is 5.11 Å². The zero-order valence-electron chi connectivity index (χ0n) is 8.17. The maximum absolute atomic E-state index is 12.9. The van der Waals surface area contributed by atoms with Gasteiger partial charge in [-0.2, -0.15) is 0 Å². The summed E-state index contributed by atoms with van der Waals surface area (Å²) < 4.78 is 13.4. The van der Waals surface area contributed by atoms with E-state index in [1.54, 1.807) is 12.1 Å². The zero-order chi connectivity index (χ0) is 10.7. The molecule has 0 fully saturated rings. The fourth-order valence-electron chi connectivity index (χ4n) is 1.29. The molecule has 2 nitrogen and oxygen atoms in total. The molecule has 0 saturated carbocycles. The van der Waals surface area contributed by atoms with Crippen LogP contribution in [0, 0.1) is 5.82 Å². The van der Waals surface area contributed by atoms with Crippen molar-refractivity contribution in [2.24, 2.45) is 0 Å². The summed E-state index contributed by atoms with van der Waals surface area (Å²) in [5.41, 5.74) is 0.894.